The molecular formula is C22H19ClN2OS2. The maximum absolute atomic E-state index is 12.8. The normalized spacial score (nSPS) is 15.5. The van der Waals surface area contributed by atoms with E-state index in [9.17, 15) is 4.79 Å². The Labute approximate surface area is 178 Å². The highest BCUT2D eigenvalue weighted by molar-refractivity contribution is 8.14. The van der Waals surface area contributed by atoms with Crippen LogP contribution in [0.15, 0.2) is 76.6 Å². The van der Waals surface area contributed by atoms with Crippen molar-refractivity contribution in [1.82, 2.24) is 4.90 Å². The van der Waals surface area contributed by atoms with Crippen LogP contribution in [-0.4, -0.2) is 34.0 Å². The molecule has 0 aromatic heterocycles. The van der Waals surface area contributed by atoms with E-state index in [1.165, 1.54) is 11.8 Å². The number of carbonyl (C=O) groups excluding carboxylic acids is 1. The first-order valence-corrected chi connectivity index (χ1v) is 11.4. The van der Waals surface area contributed by atoms with Crippen molar-refractivity contribution in [3.8, 4) is 0 Å². The molecule has 0 bridgehead atoms. The molecule has 1 aliphatic rings. The zero-order chi connectivity index (χ0) is 19.3. The molecule has 3 aromatic rings. The second-order valence-electron chi connectivity index (χ2n) is 6.36. The minimum Gasteiger partial charge on any atom is -0.290 e. The smallest absolute Gasteiger partial charge is 0.238 e. The number of hydrogen-bond donors (Lipinski definition) is 0. The Kier molecular flexibility index (Phi) is 6.25. The fourth-order valence-electron chi connectivity index (χ4n) is 3.11. The lowest BCUT2D eigenvalue weighted by atomic mass is 10.1. The molecule has 0 atom stereocenters. The molecule has 142 valence electrons. The summed E-state index contributed by atoms with van der Waals surface area (Å²) in [6, 6.07) is 22.1. The Morgan fingerprint density at radius 1 is 1.07 bits per heavy atom. The highest BCUT2D eigenvalue weighted by Gasteiger charge is 2.25. The Balaban J connectivity index is 1.45. The monoisotopic (exact) mass is 426 g/mol. The van der Waals surface area contributed by atoms with E-state index in [4.69, 9.17) is 11.6 Å². The van der Waals surface area contributed by atoms with Crippen molar-refractivity contribution in [1.29, 1.82) is 0 Å². The number of benzene rings is 3. The van der Waals surface area contributed by atoms with E-state index in [1.807, 2.05) is 59.5 Å². The second-order valence-corrected chi connectivity index (χ2v) is 8.85. The highest BCUT2D eigenvalue weighted by atomic mass is 35.5. The number of rotatable bonds is 5. The molecule has 0 unspecified atom stereocenters. The number of carbonyl (C=O) groups is 1. The molecule has 1 aliphatic heterocycles. The van der Waals surface area contributed by atoms with Gasteiger partial charge in [-0.2, -0.15) is 0 Å². The van der Waals surface area contributed by atoms with Gasteiger partial charge in [0.25, 0.3) is 0 Å². The zero-order valence-electron chi connectivity index (χ0n) is 15.2. The fourth-order valence-corrected chi connectivity index (χ4v) is 5.39. The van der Waals surface area contributed by atoms with Crippen LogP contribution in [0, 0.1) is 0 Å². The van der Waals surface area contributed by atoms with Crippen LogP contribution in [-0.2, 0) is 11.3 Å². The number of fused-ring (bicyclic) bond motifs is 1. The number of amides is 1. The minimum atomic E-state index is 0.0888. The molecule has 0 N–H and O–H groups in total. The number of thioether (sulfide) groups is 2. The van der Waals surface area contributed by atoms with E-state index in [2.05, 4.69) is 17.1 Å². The third-order valence-electron chi connectivity index (χ3n) is 4.48. The van der Waals surface area contributed by atoms with Gasteiger partial charge in [0, 0.05) is 27.6 Å². The standard InChI is InChI=1S/C22H19ClN2OS2/c23-18-10-4-8-17-9-5-11-19(21(17)18)28-15-20(26)25-12-13-27-22(25)24-14-16-6-2-1-3-7-16/h1-11H,12-15H2. The Hall–Kier alpha value is -1.95. The van der Waals surface area contributed by atoms with Gasteiger partial charge in [-0.25, -0.2) is 0 Å². The number of nitrogens with zero attached hydrogens (tertiary/aromatic N) is 2. The van der Waals surface area contributed by atoms with Crippen LogP contribution in [0.5, 0.6) is 0 Å². The van der Waals surface area contributed by atoms with Gasteiger partial charge < -0.3 is 0 Å². The van der Waals surface area contributed by atoms with Crippen LogP contribution in [0.3, 0.4) is 0 Å². The molecule has 1 amide bonds. The largest absolute Gasteiger partial charge is 0.290 e. The number of aliphatic imine (C=N–C) groups is 1. The first-order valence-electron chi connectivity index (χ1n) is 9.04. The van der Waals surface area contributed by atoms with E-state index in [-0.39, 0.29) is 5.91 Å². The van der Waals surface area contributed by atoms with Crippen molar-refractivity contribution < 1.29 is 4.79 Å². The average molecular weight is 427 g/mol. The number of amidine groups is 1. The second kappa shape index (κ2) is 9.03. The summed E-state index contributed by atoms with van der Waals surface area (Å²) in [6.45, 7) is 1.31. The van der Waals surface area contributed by atoms with Crippen LogP contribution in [0.1, 0.15) is 5.56 Å². The first kappa shape index (κ1) is 19.4. The number of hydrogen-bond acceptors (Lipinski definition) is 4. The van der Waals surface area contributed by atoms with Gasteiger partial charge in [0.15, 0.2) is 5.17 Å². The lowest BCUT2D eigenvalue weighted by molar-refractivity contribution is -0.124. The first-order chi connectivity index (χ1) is 13.7. The van der Waals surface area contributed by atoms with Crippen LogP contribution in [0.2, 0.25) is 5.02 Å². The van der Waals surface area contributed by atoms with Gasteiger partial charge in [0.2, 0.25) is 5.91 Å². The maximum Gasteiger partial charge on any atom is 0.238 e. The zero-order valence-corrected chi connectivity index (χ0v) is 17.6. The van der Waals surface area contributed by atoms with Crippen molar-refractivity contribution in [3.63, 3.8) is 0 Å². The van der Waals surface area contributed by atoms with Gasteiger partial charge in [-0.1, -0.05) is 78.0 Å². The van der Waals surface area contributed by atoms with Gasteiger partial charge in [0.1, 0.15) is 0 Å². The Morgan fingerprint density at radius 3 is 2.68 bits per heavy atom. The van der Waals surface area contributed by atoms with Gasteiger partial charge >= 0.3 is 0 Å². The molecular weight excluding hydrogens is 408 g/mol. The molecule has 1 saturated heterocycles. The SMILES string of the molecule is O=C(CSc1cccc2cccc(Cl)c12)N1CCSC1=NCc1ccccc1. The fraction of sp³-hybridized carbons (Fsp3) is 0.182. The summed E-state index contributed by atoms with van der Waals surface area (Å²) in [4.78, 5) is 20.4. The lowest BCUT2D eigenvalue weighted by Gasteiger charge is -2.16. The molecule has 0 spiro atoms. The third-order valence-corrected chi connectivity index (χ3v) is 6.84. The van der Waals surface area contributed by atoms with E-state index >= 15 is 0 Å². The van der Waals surface area contributed by atoms with E-state index in [0.717, 1.165) is 37.2 Å². The topological polar surface area (TPSA) is 32.7 Å². The average Bonchev–Trinajstić information content (AvgIpc) is 3.20. The molecule has 3 nitrogen and oxygen atoms in total. The minimum absolute atomic E-state index is 0.0888. The third kappa shape index (κ3) is 4.37. The summed E-state index contributed by atoms with van der Waals surface area (Å²) in [5, 5.41) is 3.64. The van der Waals surface area contributed by atoms with E-state index in [1.54, 1.807) is 11.8 Å². The molecule has 0 saturated carbocycles. The predicted octanol–water partition coefficient (Wildman–Crippen LogP) is 5.72. The van der Waals surface area contributed by atoms with Crippen molar-refractivity contribution in [2.75, 3.05) is 18.1 Å². The summed E-state index contributed by atoms with van der Waals surface area (Å²) < 4.78 is 0. The Bertz CT molecular complexity index is 1020. The van der Waals surface area contributed by atoms with Crippen molar-refractivity contribution >= 4 is 57.0 Å². The van der Waals surface area contributed by atoms with Crippen molar-refractivity contribution in [2.24, 2.45) is 4.99 Å². The summed E-state index contributed by atoms with van der Waals surface area (Å²) in [5.74, 6) is 1.35. The molecule has 0 radical (unpaired) electrons. The quantitative estimate of drug-likeness (QED) is 0.489. The van der Waals surface area contributed by atoms with Crippen molar-refractivity contribution in [3.05, 3.63) is 77.3 Å². The van der Waals surface area contributed by atoms with Crippen LogP contribution in [0.25, 0.3) is 10.8 Å². The predicted molar refractivity (Wildman–Crippen MR) is 121 cm³/mol. The summed E-state index contributed by atoms with van der Waals surface area (Å²) in [5.41, 5.74) is 1.15. The van der Waals surface area contributed by atoms with E-state index in [0.29, 0.717) is 18.8 Å². The lowest BCUT2D eigenvalue weighted by Crippen LogP contribution is -2.33. The summed E-state index contributed by atoms with van der Waals surface area (Å²) in [6.07, 6.45) is 0. The van der Waals surface area contributed by atoms with Gasteiger partial charge in [-0.05, 0) is 23.1 Å². The van der Waals surface area contributed by atoms with Gasteiger partial charge in [-0.3, -0.25) is 14.7 Å². The van der Waals surface area contributed by atoms with E-state index < -0.39 is 0 Å². The molecule has 3 aromatic carbocycles. The van der Waals surface area contributed by atoms with Gasteiger partial charge in [0.05, 0.1) is 12.3 Å². The summed E-state index contributed by atoms with van der Waals surface area (Å²) >= 11 is 9.58. The molecule has 28 heavy (non-hydrogen) atoms. The Morgan fingerprint density at radius 2 is 1.86 bits per heavy atom. The number of halogens is 1. The van der Waals surface area contributed by atoms with Crippen LogP contribution < -0.4 is 0 Å². The molecule has 1 heterocycles. The van der Waals surface area contributed by atoms with Gasteiger partial charge in [-0.15, -0.1) is 11.8 Å². The maximum atomic E-state index is 12.8. The van der Waals surface area contributed by atoms with Crippen LogP contribution >= 0.6 is 35.1 Å². The van der Waals surface area contributed by atoms with Crippen molar-refractivity contribution in [2.45, 2.75) is 11.4 Å². The highest BCUT2D eigenvalue weighted by Crippen LogP contribution is 2.33. The summed E-state index contributed by atoms with van der Waals surface area (Å²) in [7, 11) is 0. The molecule has 1 fully saturated rings. The molecule has 4 rings (SSSR count). The van der Waals surface area contributed by atoms with Crippen LogP contribution in [0.4, 0.5) is 0 Å². The molecule has 6 heteroatoms. The molecule has 0 aliphatic carbocycles.